The number of unbranched alkanes of at least 4 members (excludes halogenated alkanes) is 5. The van der Waals surface area contributed by atoms with Gasteiger partial charge in [0.05, 0.1) is 5.57 Å². The first-order valence-corrected chi connectivity index (χ1v) is 11.7. The van der Waals surface area contributed by atoms with Gasteiger partial charge in [-0.3, -0.25) is 14.5 Å². The van der Waals surface area contributed by atoms with Crippen LogP contribution in [0.25, 0.3) is 5.57 Å². The molecule has 2 aliphatic heterocycles. The van der Waals surface area contributed by atoms with Crippen molar-refractivity contribution in [3.05, 3.63) is 40.5 Å². The number of halogens is 1. The zero-order chi connectivity index (χ0) is 21.5. The molecule has 2 aliphatic rings. The summed E-state index contributed by atoms with van der Waals surface area (Å²) in [5.41, 5.74) is 1.69. The molecule has 30 heavy (non-hydrogen) atoms. The number of piperidine rings is 1. The highest BCUT2D eigenvalue weighted by molar-refractivity contribution is 6.36. The summed E-state index contributed by atoms with van der Waals surface area (Å²) in [6.07, 6.45) is 8.48. The van der Waals surface area contributed by atoms with Crippen LogP contribution in [0.5, 0.6) is 0 Å². The second kappa shape index (κ2) is 11.0. The number of aliphatic hydroxyl groups is 1. The van der Waals surface area contributed by atoms with Crippen molar-refractivity contribution in [2.24, 2.45) is 5.92 Å². The number of benzene rings is 1. The molecule has 6 heteroatoms. The lowest BCUT2D eigenvalue weighted by atomic mass is 9.97. The van der Waals surface area contributed by atoms with Gasteiger partial charge in [-0.1, -0.05) is 62.8 Å². The van der Waals surface area contributed by atoms with E-state index in [2.05, 4.69) is 6.92 Å². The second-order valence-corrected chi connectivity index (χ2v) is 8.83. The van der Waals surface area contributed by atoms with Gasteiger partial charge in [0.2, 0.25) is 0 Å². The molecule has 2 heterocycles. The zero-order valence-electron chi connectivity index (χ0n) is 17.9. The van der Waals surface area contributed by atoms with Crippen LogP contribution in [-0.4, -0.2) is 53.0 Å². The Kier molecular flexibility index (Phi) is 8.34. The normalized spacial score (nSPS) is 19.9. The monoisotopic (exact) mass is 432 g/mol. The van der Waals surface area contributed by atoms with E-state index in [1.807, 2.05) is 17.0 Å². The standard InChI is InChI=1S/C24H33ClN2O3/c1-2-3-4-5-6-7-15-27-23(29)21(19-10-12-20(25)13-11-19)22(24(27)30)26-14-8-9-18(16-26)17-28/h10-13,18,28H,2-9,14-17H2,1H3. The smallest absolute Gasteiger partial charge is 0.277 e. The van der Waals surface area contributed by atoms with Crippen molar-refractivity contribution in [1.82, 2.24) is 9.80 Å². The Morgan fingerprint density at radius 2 is 1.73 bits per heavy atom. The third-order valence-electron chi connectivity index (χ3n) is 6.11. The Bertz CT molecular complexity index is 775. The molecule has 0 saturated carbocycles. The molecule has 0 radical (unpaired) electrons. The van der Waals surface area contributed by atoms with Crippen LogP contribution in [0.15, 0.2) is 30.0 Å². The molecule has 0 spiro atoms. The Balaban J connectivity index is 1.81. The average molecular weight is 433 g/mol. The van der Waals surface area contributed by atoms with Crippen LogP contribution < -0.4 is 0 Å². The lowest BCUT2D eigenvalue weighted by molar-refractivity contribution is -0.137. The highest BCUT2D eigenvalue weighted by atomic mass is 35.5. The fourth-order valence-corrected chi connectivity index (χ4v) is 4.53. The van der Waals surface area contributed by atoms with Gasteiger partial charge in [0.25, 0.3) is 11.8 Å². The molecule has 3 rings (SSSR count). The number of carbonyl (C=O) groups excluding carboxylic acids is 2. The van der Waals surface area contributed by atoms with Crippen molar-refractivity contribution < 1.29 is 14.7 Å². The molecule has 1 aromatic carbocycles. The van der Waals surface area contributed by atoms with E-state index in [1.54, 1.807) is 12.1 Å². The predicted molar refractivity (Wildman–Crippen MR) is 120 cm³/mol. The molecule has 0 aliphatic carbocycles. The SMILES string of the molecule is CCCCCCCCN1C(=O)C(c2ccc(Cl)cc2)=C(N2CCCC(CO)C2)C1=O. The summed E-state index contributed by atoms with van der Waals surface area (Å²) in [7, 11) is 0. The molecule has 0 bridgehead atoms. The van der Waals surface area contributed by atoms with E-state index >= 15 is 0 Å². The summed E-state index contributed by atoms with van der Waals surface area (Å²) >= 11 is 6.04. The van der Waals surface area contributed by atoms with E-state index in [0.29, 0.717) is 29.4 Å². The van der Waals surface area contributed by atoms with E-state index < -0.39 is 0 Å². The molecule has 1 aromatic rings. The minimum Gasteiger partial charge on any atom is -0.396 e. The van der Waals surface area contributed by atoms with E-state index in [0.717, 1.165) is 44.2 Å². The first kappa shape index (κ1) is 22.8. The molecule has 1 fully saturated rings. The summed E-state index contributed by atoms with van der Waals surface area (Å²) in [6, 6.07) is 7.12. The predicted octanol–water partition coefficient (Wildman–Crippen LogP) is 4.48. The number of hydrogen-bond donors (Lipinski definition) is 1. The van der Waals surface area contributed by atoms with Gasteiger partial charge in [-0.15, -0.1) is 0 Å². The average Bonchev–Trinajstić information content (AvgIpc) is 3.01. The Morgan fingerprint density at radius 1 is 1.03 bits per heavy atom. The number of likely N-dealkylation sites (tertiary alicyclic amines) is 1. The van der Waals surface area contributed by atoms with Crippen LogP contribution in [0.3, 0.4) is 0 Å². The summed E-state index contributed by atoms with van der Waals surface area (Å²) in [6.45, 7) is 4.08. The molecule has 164 valence electrons. The van der Waals surface area contributed by atoms with Crippen molar-refractivity contribution in [2.75, 3.05) is 26.2 Å². The minimum absolute atomic E-state index is 0.101. The number of imide groups is 1. The summed E-state index contributed by atoms with van der Waals surface area (Å²) < 4.78 is 0. The number of hydrogen-bond acceptors (Lipinski definition) is 4. The minimum atomic E-state index is -0.211. The Morgan fingerprint density at radius 3 is 2.43 bits per heavy atom. The lowest BCUT2D eigenvalue weighted by Gasteiger charge is -2.34. The topological polar surface area (TPSA) is 60.9 Å². The number of aliphatic hydroxyl groups excluding tert-OH is 1. The largest absolute Gasteiger partial charge is 0.396 e. The Hall–Kier alpha value is -1.85. The summed E-state index contributed by atoms with van der Waals surface area (Å²) in [4.78, 5) is 30.1. The quantitative estimate of drug-likeness (QED) is 0.437. The maximum absolute atomic E-state index is 13.3. The van der Waals surface area contributed by atoms with Crippen molar-refractivity contribution in [2.45, 2.75) is 58.3 Å². The molecule has 5 nitrogen and oxygen atoms in total. The van der Waals surface area contributed by atoms with Crippen molar-refractivity contribution in [3.63, 3.8) is 0 Å². The third kappa shape index (κ3) is 5.25. The molecule has 1 saturated heterocycles. The number of rotatable bonds is 10. The molecule has 2 amide bonds. The van der Waals surface area contributed by atoms with E-state index in [4.69, 9.17) is 11.6 Å². The van der Waals surface area contributed by atoms with Crippen LogP contribution in [0.2, 0.25) is 5.02 Å². The van der Waals surface area contributed by atoms with Gasteiger partial charge in [-0.05, 0) is 42.9 Å². The van der Waals surface area contributed by atoms with Gasteiger partial charge in [0, 0.05) is 31.3 Å². The van der Waals surface area contributed by atoms with Crippen LogP contribution in [-0.2, 0) is 9.59 Å². The van der Waals surface area contributed by atoms with E-state index in [9.17, 15) is 14.7 Å². The first-order valence-electron chi connectivity index (χ1n) is 11.3. The van der Waals surface area contributed by atoms with Crippen molar-refractivity contribution >= 4 is 29.0 Å². The fraction of sp³-hybridized carbons (Fsp3) is 0.583. The van der Waals surface area contributed by atoms with Gasteiger partial charge in [-0.2, -0.15) is 0 Å². The number of amides is 2. The van der Waals surface area contributed by atoms with Crippen LogP contribution in [0, 0.1) is 5.92 Å². The third-order valence-corrected chi connectivity index (χ3v) is 6.36. The Labute approximate surface area is 184 Å². The van der Waals surface area contributed by atoms with Crippen molar-refractivity contribution in [1.29, 1.82) is 0 Å². The maximum Gasteiger partial charge on any atom is 0.277 e. The van der Waals surface area contributed by atoms with Crippen LogP contribution in [0.4, 0.5) is 0 Å². The molecular weight excluding hydrogens is 400 g/mol. The second-order valence-electron chi connectivity index (χ2n) is 8.40. The number of carbonyl (C=O) groups is 2. The maximum atomic E-state index is 13.3. The fourth-order valence-electron chi connectivity index (χ4n) is 4.40. The van der Waals surface area contributed by atoms with Gasteiger partial charge in [0.1, 0.15) is 5.70 Å². The lowest BCUT2D eigenvalue weighted by Crippen LogP contribution is -2.40. The zero-order valence-corrected chi connectivity index (χ0v) is 18.7. The van der Waals surface area contributed by atoms with Gasteiger partial charge >= 0.3 is 0 Å². The summed E-state index contributed by atoms with van der Waals surface area (Å²) in [5.74, 6) is -0.276. The molecule has 1 atom stereocenters. The highest BCUT2D eigenvalue weighted by Gasteiger charge is 2.42. The van der Waals surface area contributed by atoms with Gasteiger partial charge < -0.3 is 10.0 Å². The molecule has 1 unspecified atom stereocenters. The molecule has 1 N–H and O–H groups in total. The number of nitrogens with zero attached hydrogens (tertiary/aromatic N) is 2. The van der Waals surface area contributed by atoms with Crippen molar-refractivity contribution in [3.8, 4) is 0 Å². The van der Waals surface area contributed by atoms with Gasteiger partial charge in [0.15, 0.2) is 0 Å². The summed E-state index contributed by atoms with van der Waals surface area (Å²) in [5, 5.41) is 10.2. The molecule has 0 aromatic heterocycles. The van der Waals surface area contributed by atoms with Crippen LogP contribution >= 0.6 is 11.6 Å². The van der Waals surface area contributed by atoms with Crippen LogP contribution in [0.1, 0.15) is 63.9 Å². The van der Waals surface area contributed by atoms with Gasteiger partial charge in [-0.25, -0.2) is 0 Å². The highest BCUT2D eigenvalue weighted by Crippen LogP contribution is 2.34. The van der Waals surface area contributed by atoms with E-state index in [-0.39, 0.29) is 24.3 Å². The van der Waals surface area contributed by atoms with E-state index in [1.165, 1.54) is 24.2 Å². The first-order chi connectivity index (χ1) is 14.6. The molecular formula is C24H33ClN2O3.